The number of benzene rings is 1. The fraction of sp³-hybridized carbons (Fsp3) is 0.412. The first-order chi connectivity index (χ1) is 13.3. The molecule has 0 radical (unpaired) electrons. The Balaban J connectivity index is 1.64. The van der Waals surface area contributed by atoms with Crippen molar-refractivity contribution >= 4 is 15.9 Å². The van der Waals surface area contributed by atoms with Crippen LogP contribution in [-0.4, -0.2) is 74.3 Å². The molecular weight excluding hydrogens is 396 g/mol. The zero-order chi connectivity index (χ0) is 20.3. The Bertz CT molecular complexity index is 955. The second kappa shape index (κ2) is 8.33. The molecule has 11 heteroatoms. The normalized spacial score (nSPS) is 15.8. The Labute approximate surface area is 160 Å². The van der Waals surface area contributed by atoms with Gasteiger partial charge in [-0.2, -0.15) is 4.31 Å². The lowest BCUT2D eigenvalue weighted by Gasteiger charge is -2.33. The zero-order valence-corrected chi connectivity index (χ0v) is 15.9. The average molecular weight is 415 g/mol. The maximum absolute atomic E-state index is 13.4. The summed E-state index contributed by atoms with van der Waals surface area (Å²) in [6, 6.07) is 4.57. The third kappa shape index (κ3) is 4.37. The SMILES string of the molecule is COCCS(=O)(=O)N1CCN(C(=O)c2cc(-c3ccc(F)c(F)c3)on2)CC1. The summed E-state index contributed by atoms with van der Waals surface area (Å²) in [4.78, 5) is 14.0. The van der Waals surface area contributed by atoms with E-state index in [4.69, 9.17) is 9.26 Å². The summed E-state index contributed by atoms with van der Waals surface area (Å²) < 4.78 is 61.9. The first-order valence-corrected chi connectivity index (χ1v) is 10.1. The molecule has 0 atom stereocenters. The number of nitrogens with zero attached hydrogens (tertiary/aromatic N) is 3. The molecule has 1 saturated heterocycles. The van der Waals surface area contributed by atoms with Gasteiger partial charge in [0.1, 0.15) is 0 Å². The van der Waals surface area contributed by atoms with Crippen LogP contribution in [0.1, 0.15) is 10.5 Å². The van der Waals surface area contributed by atoms with Crippen LogP contribution in [-0.2, 0) is 14.8 Å². The van der Waals surface area contributed by atoms with Gasteiger partial charge in [-0.25, -0.2) is 17.2 Å². The van der Waals surface area contributed by atoms with Gasteiger partial charge in [0.25, 0.3) is 5.91 Å². The van der Waals surface area contributed by atoms with Gasteiger partial charge in [-0.1, -0.05) is 5.16 Å². The molecule has 28 heavy (non-hydrogen) atoms. The molecule has 1 fully saturated rings. The maximum Gasteiger partial charge on any atom is 0.276 e. The molecule has 0 unspecified atom stereocenters. The van der Waals surface area contributed by atoms with Crippen LogP contribution in [0.2, 0.25) is 0 Å². The van der Waals surface area contributed by atoms with E-state index >= 15 is 0 Å². The fourth-order valence-electron chi connectivity index (χ4n) is 2.81. The molecule has 1 aromatic carbocycles. The van der Waals surface area contributed by atoms with Crippen molar-refractivity contribution in [1.82, 2.24) is 14.4 Å². The third-order valence-corrected chi connectivity index (χ3v) is 6.23. The van der Waals surface area contributed by atoms with Crippen molar-refractivity contribution in [2.75, 3.05) is 45.6 Å². The van der Waals surface area contributed by atoms with Gasteiger partial charge in [0.2, 0.25) is 10.0 Å². The van der Waals surface area contributed by atoms with Crippen LogP contribution >= 0.6 is 0 Å². The topological polar surface area (TPSA) is 93.0 Å². The van der Waals surface area contributed by atoms with Crippen LogP contribution < -0.4 is 0 Å². The predicted octanol–water partition coefficient (Wildman–Crippen LogP) is 1.35. The first-order valence-electron chi connectivity index (χ1n) is 8.50. The van der Waals surface area contributed by atoms with Crippen molar-refractivity contribution in [3.05, 3.63) is 41.6 Å². The number of hydrogen-bond acceptors (Lipinski definition) is 6. The molecule has 1 amide bonds. The minimum absolute atomic E-state index is 0.00965. The Morgan fingerprint density at radius 2 is 1.89 bits per heavy atom. The van der Waals surface area contributed by atoms with Crippen LogP contribution in [0.3, 0.4) is 0 Å². The quantitative estimate of drug-likeness (QED) is 0.707. The van der Waals surface area contributed by atoms with Crippen LogP contribution in [0.4, 0.5) is 8.78 Å². The van der Waals surface area contributed by atoms with E-state index < -0.39 is 27.6 Å². The molecule has 0 aliphatic carbocycles. The monoisotopic (exact) mass is 415 g/mol. The molecule has 0 bridgehead atoms. The smallest absolute Gasteiger partial charge is 0.276 e. The number of carbonyl (C=O) groups is 1. The van der Waals surface area contributed by atoms with E-state index in [1.807, 2.05) is 0 Å². The minimum atomic E-state index is -3.43. The second-order valence-corrected chi connectivity index (χ2v) is 8.29. The van der Waals surface area contributed by atoms with Crippen molar-refractivity contribution in [1.29, 1.82) is 0 Å². The lowest BCUT2D eigenvalue weighted by atomic mass is 10.1. The van der Waals surface area contributed by atoms with Crippen molar-refractivity contribution < 1.29 is 31.3 Å². The predicted molar refractivity (Wildman–Crippen MR) is 95.0 cm³/mol. The van der Waals surface area contributed by atoms with Crippen molar-refractivity contribution in [2.24, 2.45) is 0 Å². The van der Waals surface area contributed by atoms with Gasteiger partial charge in [0.15, 0.2) is 23.1 Å². The highest BCUT2D eigenvalue weighted by molar-refractivity contribution is 7.89. The van der Waals surface area contributed by atoms with Gasteiger partial charge in [-0.05, 0) is 18.2 Å². The number of methoxy groups -OCH3 is 1. The maximum atomic E-state index is 13.4. The Kier molecular flexibility index (Phi) is 6.06. The summed E-state index contributed by atoms with van der Waals surface area (Å²) >= 11 is 0. The lowest BCUT2D eigenvalue weighted by molar-refractivity contribution is 0.0687. The summed E-state index contributed by atoms with van der Waals surface area (Å²) in [6.07, 6.45) is 0. The number of ether oxygens (including phenoxy) is 1. The Morgan fingerprint density at radius 1 is 1.18 bits per heavy atom. The van der Waals surface area contributed by atoms with E-state index in [-0.39, 0.29) is 55.6 Å². The Hall–Kier alpha value is -2.37. The molecule has 2 aromatic rings. The van der Waals surface area contributed by atoms with Crippen LogP contribution in [0.5, 0.6) is 0 Å². The van der Waals surface area contributed by atoms with Gasteiger partial charge >= 0.3 is 0 Å². The van der Waals surface area contributed by atoms with E-state index in [9.17, 15) is 22.0 Å². The Morgan fingerprint density at radius 3 is 2.54 bits per heavy atom. The van der Waals surface area contributed by atoms with E-state index in [2.05, 4.69) is 5.16 Å². The van der Waals surface area contributed by atoms with E-state index in [0.29, 0.717) is 0 Å². The molecule has 2 heterocycles. The van der Waals surface area contributed by atoms with Gasteiger partial charge in [-0.15, -0.1) is 0 Å². The zero-order valence-electron chi connectivity index (χ0n) is 15.1. The number of piperazine rings is 1. The molecule has 3 rings (SSSR count). The standard InChI is InChI=1S/C17H19F2N3O5S/c1-26-8-9-28(24,25)22-6-4-21(5-7-22)17(23)15-11-16(27-20-15)12-2-3-13(18)14(19)10-12/h2-3,10-11H,4-9H2,1H3. The summed E-state index contributed by atoms with van der Waals surface area (Å²) in [5, 5.41) is 3.70. The highest BCUT2D eigenvalue weighted by atomic mass is 32.2. The molecule has 0 N–H and O–H groups in total. The van der Waals surface area contributed by atoms with Gasteiger partial charge in [0.05, 0.1) is 12.4 Å². The minimum Gasteiger partial charge on any atom is -0.384 e. The third-order valence-electron chi connectivity index (χ3n) is 4.40. The molecular formula is C17H19F2N3O5S. The molecule has 1 aliphatic rings. The van der Waals surface area contributed by atoms with E-state index in [0.717, 1.165) is 12.1 Å². The highest BCUT2D eigenvalue weighted by Gasteiger charge is 2.30. The number of hydrogen-bond donors (Lipinski definition) is 0. The number of rotatable bonds is 6. The van der Waals surface area contributed by atoms with Crippen molar-refractivity contribution in [3.63, 3.8) is 0 Å². The second-order valence-electron chi connectivity index (χ2n) is 6.21. The van der Waals surface area contributed by atoms with E-state index in [1.54, 1.807) is 0 Å². The number of carbonyl (C=O) groups excluding carboxylic acids is 1. The number of aromatic nitrogens is 1. The molecule has 1 aromatic heterocycles. The summed E-state index contributed by atoms with van der Waals surface area (Å²) in [5.74, 6) is -2.43. The molecule has 1 aliphatic heterocycles. The number of halogens is 2. The molecule has 0 spiro atoms. The number of sulfonamides is 1. The summed E-state index contributed by atoms with van der Waals surface area (Å²) in [6.45, 7) is 0.862. The van der Waals surface area contributed by atoms with E-state index in [1.165, 1.54) is 28.4 Å². The highest BCUT2D eigenvalue weighted by Crippen LogP contribution is 2.23. The van der Waals surface area contributed by atoms with Gasteiger partial charge in [-0.3, -0.25) is 4.79 Å². The van der Waals surface area contributed by atoms with Crippen LogP contribution in [0, 0.1) is 11.6 Å². The van der Waals surface area contributed by atoms with Gasteiger partial charge < -0.3 is 14.2 Å². The largest absolute Gasteiger partial charge is 0.384 e. The van der Waals surface area contributed by atoms with Crippen molar-refractivity contribution in [2.45, 2.75) is 0 Å². The fourth-order valence-corrected chi connectivity index (χ4v) is 4.17. The van der Waals surface area contributed by atoms with Crippen molar-refractivity contribution in [3.8, 4) is 11.3 Å². The van der Waals surface area contributed by atoms with Crippen LogP contribution in [0.25, 0.3) is 11.3 Å². The summed E-state index contributed by atoms with van der Waals surface area (Å²) in [5.41, 5.74) is 0.259. The molecule has 152 valence electrons. The molecule has 0 saturated carbocycles. The average Bonchev–Trinajstić information content (AvgIpc) is 3.18. The number of amides is 1. The first kappa shape index (κ1) is 20.4. The lowest BCUT2D eigenvalue weighted by Crippen LogP contribution is -2.51. The molecule has 8 nitrogen and oxygen atoms in total. The van der Waals surface area contributed by atoms with Gasteiger partial charge in [0, 0.05) is 44.9 Å². The summed E-state index contributed by atoms with van der Waals surface area (Å²) in [7, 11) is -2.00. The van der Waals surface area contributed by atoms with Crippen LogP contribution in [0.15, 0.2) is 28.8 Å².